The Labute approximate surface area is 106 Å². The van der Waals surface area contributed by atoms with E-state index in [1.54, 1.807) is 0 Å². The van der Waals surface area contributed by atoms with E-state index in [1.807, 2.05) is 30.3 Å². The van der Waals surface area contributed by atoms with Gasteiger partial charge in [-0.1, -0.05) is 30.3 Å². The summed E-state index contributed by atoms with van der Waals surface area (Å²) >= 11 is 0. The summed E-state index contributed by atoms with van der Waals surface area (Å²) in [5.41, 5.74) is 0.946. The van der Waals surface area contributed by atoms with Crippen LogP contribution in [-0.2, 0) is 16.1 Å². The first-order chi connectivity index (χ1) is 8.74. The Morgan fingerprint density at radius 1 is 1.39 bits per heavy atom. The van der Waals surface area contributed by atoms with Crippen LogP contribution in [0.2, 0.25) is 0 Å². The monoisotopic (exact) mass is 248 g/mol. The summed E-state index contributed by atoms with van der Waals surface area (Å²) in [5.74, 6) is 0.0412. The van der Waals surface area contributed by atoms with Crippen molar-refractivity contribution in [3.8, 4) is 0 Å². The third kappa shape index (κ3) is 3.76. The van der Waals surface area contributed by atoms with Gasteiger partial charge in [0, 0.05) is 19.0 Å². The fraction of sp³-hybridized carbons (Fsp3) is 0.385. The molecule has 0 aromatic heterocycles. The lowest BCUT2D eigenvalue weighted by molar-refractivity contribution is -0.119. The molecule has 1 heterocycles. The molecule has 2 N–H and O–H groups in total. The van der Waals surface area contributed by atoms with Crippen molar-refractivity contribution in [2.45, 2.75) is 25.5 Å². The molecule has 0 radical (unpaired) electrons. The minimum Gasteiger partial charge on any atom is -0.445 e. The Kier molecular flexibility index (Phi) is 4.17. The normalized spacial score (nSPS) is 18.2. The van der Waals surface area contributed by atoms with Crippen LogP contribution in [0.1, 0.15) is 18.4 Å². The van der Waals surface area contributed by atoms with Gasteiger partial charge in [-0.05, 0) is 12.0 Å². The molecule has 1 atom stereocenters. The van der Waals surface area contributed by atoms with Crippen molar-refractivity contribution in [2.75, 3.05) is 6.54 Å². The Morgan fingerprint density at radius 3 is 2.83 bits per heavy atom. The van der Waals surface area contributed by atoms with Gasteiger partial charge in [0.15, 0.2) is 0 Å². The third-order valence-electron chi connectivity index (χ3n) is 2.79. The zero-order valence-electron chi connectivity index (χ0n) is 10.0. The number of hydrogen-bond acceptors (Lipinski definition) is 3. The first kappa shape index (κ1) is 12.4. The van der Waals surface area contributed by atoms with Gasteiger partial charge < -0.3 is 15.4 Å². The fourth-order valence-corrected chi connectivity index (χ4v) is 1.81. The third-order valence-corrected chi connectivity index (χ3v) is 2.79. The highest BCUT2D eigenvalue weighted by Gasteiger charge is 2.20. The molecule has 18 heavy (non-hydrogen) atoms. The minimum atomic E-state index is -0.458. The van der Waals surface area contributed by atoms with Crippen molar-refractivity contribution in [3.05, 3.63) is 35.9 Å². The average Bonchev–Trinajstić information content (AvgIpc) is 2.81. The highest BCUT2D eigenvalue weighted by Crippen LogP contribution is 2.05. The van der Waals surface area contributed by atoms with E-state index in [0.717, 1.165) is 12.0 Å². The molecular weight excluding hydrogens is 232 g/mol. The van der Waals surface area contributed by atoms with E-state index >= 15 is 0 Å². The lowest BCUT2D eigenvalue weighted by atomic mass is 10.2. The molecule has 1 aliphatic heterocycles. The van der Waals surface area contributed by atoms with E-state index in [2.05, 4.69) is 10.6 Å². The first-order valence-corrected chi connectivity index (χ1v) is 5.98. The van der Waals surface area contributed by atoms with Crippen LogP contribution in [0.25, 0.3) is 0 Å². The van der Waals surface area contributed by atoms with Crippen LogP contribution in [0.5, 0.6) is 0 Å². The first-order valence-electron chi connectivity index (χ1n) is 5.98. The predicted molar refractivity (Wildman–Crippen MR) is 65.8 cm³/mol. The molecule has 0 saturated carbocycles. The second kappa shape index (κ2) is 6.05. The van der Waals surface area contributed by atoms with Crippen molar-refractivity contribution in [2.24, 2.45) is 0 Å². The molecule has 1 unspecified atom stereocenters. The summed E-state index contributed by atoms with van der Waals surface area (Å²) in [5, 5.41) is 5.41. The Hall–Kier alpha value is -2.04. The van der Waals surface area contributed by atoms with Crippen LogP contribution in [0.4, 0.5) is 4.79 Å². The quantitative estimate of drug-likeness (QED) is 0.841. The van der Waals surface area contributed by atoms with Crippen molar-refractivity contribution >= 4 is 12.0 Å². The van der Waals surface area contributed by atoms with Gasteiger partial charge in [-0.25, -0.2) is 4.79 Å². The van der Waals surface area contributed by atoms with Crippen molar-refractivity contribution in [1.82, 2.24) is 10.6 Å². The standard InChI is InChI=1S/C13H16N2O3/c16-12-7-6-11(15-12)8-14-13(17)18-9-10-4-2-1-3-5-10/h1-5,11H,6-9H2,(H,14,17)(H,15,16). The molecule has 2 rings (SSSR count). The highest BCUT2D eigenvalue weighted by molar-refractivity contribution is 5.78. The molecule has 2 amide bonds. The molecule has 5 nitrogen and oxygen atoms in total. The topological polar surface area (TPSA) is 67.4 Å². The van der Waals surface area contributed by atoms with Crippen molar-refractivity contribution in [1.29, 1.82) is 0 Å². The lowest BCUT2D eigenvalue weighted by Crippen LogP contribution is -2.38. The maximum absolute atomic E-state index is 11.4. The number of amides is 2. The van der Waals surface area contributed by atoms with E-state index < -0.39 is 6.09 Å². The van der Waals surface area contributed by atoms with Gasteiger partial charge in [0.2, 0.25) is 5.91 Å². The number of carbonyl (C=O) groups is 2. The SMILES string of the molecule is O=C1CCC(CNC(=O)OCc2ccccc2)N1. The van der Waals surface area contributed by atoms with Crippen LogP contribution in [0.3, 0.4) is 0 Å². The summed E-state index contributed by atoms with van der Waals surface area (Å²) in [4.78, 5) is 22.4. The Morgan fingerprint density at radius 2 is 2.17 bits per heavy atom. The molecule has 96 valence electrons. The minimum absolute atomic E-state index is 0.0294. The van der Waals surface area contributed by atoms with E-state index in [-0.39, 0.29) is 18.6 Å². The van der Waals surface area contributed by atoms with Crippen molar-refractivity contribution in [3.63, 3.8) is 0 Å². The number of rotatable bonds is 4. The molecular formula is C13H16N2O3. The van der Waals surface area contributed by atoms with Gasteiger partial charge in [0.05, 0.1) is 0 Å². The van der Waals surface area contributed by atoms with Crippen LogP contribution in [0, 0.1) is 0 Å². The van der Waals surface area contributed by atoms with Crippen LogP contribution < -0.4 is 10.6 Å². The number of carbonyl (C=O) groups excluding carboxylic acids is 2. The maximum atomic E-state index is 11.4. The second-order valence-electron chi connectivity index (χ2n) is 4.25. The summed E-state index contributed by atoms with van der Waals surface area (Å²) in [6.45, 7) is 0.670. The number of hydrogen-bond donors (Lipinski definition) is 2. The molecule has 5 heteroatoms. The number of alkyl carbamates (subject to hydrolysis) is 1. The van der Waals surface area contributed by atoms with Gasteiger partial charge in [0.25, 0.3) is 0 Å². The average molecular weight is 248 g/mol. The highest BCUT2D eigenvalue weighted by atomic mass is 16.5. The molecule has 1 saturated heterocycles. The number of ether oxygens (including phenoxy) is 1. The predicted octanol–water partition coefficient (Wildman–Crippen LogP) is 1.19. The lowest BCUT2D eigenvalue weighted by Gasteiger charge is -2.11. The van der Waals surface area contributed by atoms with Gasteiger partial charge in [0.1, 0.15) is 6.61 Å². The fourth-order valence-electron chi connectivity index (χ4n) is 1.81. The summed E-state index contributed by atoms with van der Waals surface area (Å²) < 4.78 is 5.05. The summed E-state index contributed by atoms with van der Waals surface area (Å²) in [7, 11) is 0. The molecule has 1 aromatic rings. The van der Waals surface area contributed by atoms with Crippen LogP contribution >= 0.6 is 0 Å². The van der Waals surface area contributed by atoms with Gasteiger partial charge in [-0.2, -0.15) is 0 Å². The summed E-state index contributed by atoms with van der Waals surface area (Å²) in [6, 6.07) is 9.51. The largest absolute Gasteiger partial charge is 0.445 e. The van der Waals surface area contributed by atoms with Gasteiger partial charge in [-0.15, -0.1) is 0 Å². The van der Waals surface area contributed by atoms with E-state index in [4.69, 9.17) is 4.74 Å². The molecule has 0 spiro atoms. The Balaban J connectivity index is 1.65. The molecule has 1 fully saturated rings. The van der Waals surface area contributed by atoms with Crippen LogP contribution in [-0.4, -0.2) is 24.6 Å². The zero-order chi connectivity index (χ0) is 12.8. The second-order valence-corrected chi connectivity index (χ2v) is 4.25. The van der Waals surface area contributed by atoms with E-state index in [1.165, 1.54) is 0 Å². The van der Waals surface area contributed by atoms with Gasteiger partial charge >= 0.3 is 6.09 Å². The summed E-state index contributed by atoms with van der Waals surface area (Å²) in [6.07, 6.45) is 0.837. The van der Waals surface area contributed by atoms with E-state index in [0.29, 0.717) is 13.0 Å². The van der Waals surface area contributed by atoms with Crippen LogP contribution in [0.15, 0.2) is 30.3 Å². The molecule has 0 aliphatic carbocycles. The van der Waals surface area contributed by atoms with Crippen molar-refractivity contribution < 1.29 is 14.3 Å². The molecule has 1 aliphatic rings. The molecule has 1 aromatic carbocycles. The number of benzene rings is 1. The smallest absolute Gasteiger partial charge is 0.407 e. The van der Waals surface area contributed by atoms with Gasteiger partial charge in [-0.3, -0.25) is 4.79 Å². The Bertz CT molecular complexity index is 420. The number of nitrogens with one attached hydrogen (secondary N) is 2. The zero-order valence-corrected chi connectivity index (χ0v) is 10.0. The maximum Gasteiger partial charge on any atom is 0.407 e. The molecule has 0 bridgehead atoms. The van der Waals surface area contributed by atoms with E-state index in [9.17, 15) is 9.59 Å².